The molecule has 0 saturated carbocycles. The molecule has 17 heavy (non-hydrogen) atoms. The molecule has 1 aromatic rings. The molecule has 0 bridgehead atoms. The molecule has 0 amide bonds. The molecule has 1 unspecified atom stereocenters. The molecule has 1 rings (SSSR count). The van der Waals surface area contributed by atoms with Gasteiger partial charge in [0.1, 0.15) is 0 Å². The second kappa shape index (κ2) is 7.42. The molecule has 0 fully saturated rings. The Bertz CT molecular complexity index is 312. The fourth-order valence-corrected chi connectivity index (χ4v) is 1.69. The van der Waals surface area contributed by atoms with Crippen molar-refractivity contribution in [2.75, 3.05) is 20.3 Å². The van der Waals surface area contributed by atoms with E-state index in [-0.39, 0.29) is 6.10 Å². The Morgan fingerprint density at radius 2 is 2.29 bits per heavy atom. The van der Waals surface area contributed by atoms with Crippen LogP contribution < -0.4 is 5.32 Å². The Hall–Kier alpha value is -0.910. The molecule has 1 aromatic heterocycles. The third-order valence-corrected chi connectivity index (χ3v) is 2.62. The minimum Gasteiger partial charge on any atom is -0.391 e. The number of aliphatic hydroxyl groups is 1. The number of imidazole rings is 1. The summed E-state index contributed by atoms with van der Waals surface area (Å²) in [6.07, 6.45) is 4.03. The van der Waals surface area contributed by atoms with Gasteiger partial charge in [-0.1, -0.05) is 0 Å². The minimum absolute atomic E-state index is 0.387. The molecule has 1 heterocycles. The Kier molecular flexibility index (Phi) is 6.18. The molecule has 0 aliphatic heterocycles. The van der Waals surface area contributed by atoms with E-state index in [0.29, 0.717) is 19.1 Å². The summed E-state index contributed by atoms with van der Waals surface area (Å²) in [6.45, 7) is 6.21. The van der Waals surface area contributed by atoms with E-state index < -0.39 is 0 Å². The Balaban J connectivity index is 2.24. The normalized spacial score (nSPS) is 13.2. The molecular weight excluding hydrogens is 218 g/mol. The summed E-state index contributed by atoms with van der Waals surface area (Å²) in [5.41, 5.74) is 1.17. The van der Waals surface area contributed by atoms with Gasteiger partial charge in [0.2, 0.25) is 0 Å². The lowest BCUT2D eigenvalue weighted by atomic mass is 10.2. The summed E-state index contributed by atoms with van der Waals surface area (Å²) in [7, 11) is 1.60. The van der Waals surface area contributed by atoms with E-state index in [1.54, 1.807) is 7.11 Å². The number of aromatic nitrogens is 2. The first-order chi connectivity index (χ1) is 8.15. The molecular formula is C12H23N3O2. The molecule has 5 heteroatoms. The standard InChI is InChI=1S/C12H23N3O2/c1-10(2)15-9-14-7-11(15)6-13-5-4-12(16)8-17-3/h7,9-10,12-13,16H,4-6,8H2,1-3H3. The van der Waals surface area contributed by atoms with Crippen LogP contribution in [-0.4, -0.2) is 41.0 Å². The van der Waals surface area contributed by atoms with E-state index in [4.69, 9.17) is 4.74 Å². The van der Waals surface area contributed by atoms with Crippen molar-refractivity contribution in [2.24, 2.45) is 0 Å². The van der Waals surface area contributed by atoms with Crippen molar-refractivity contribution in [2.45, 2.75) is 39.0 Å². The quantitative estimate of drug-likeness (QED) is 0.665. The SMILES string of the molecule is COCC(O)CCNCc1cncn1C(C)C. The van der Waals surface area contributed by atoms with Gasteiger partial charge in [-0.05, 0) is 26.8 Å². The third-order valence-electron chi connectivity index (χ3n) is 2.62. The molecule has 0 aromatic carbocycles. The van der Waals surface area contributed by atoms with Crippen LogP contribution in [-0.2, 0) is 11.3 Å². The van der Waals surface area contributed by atoms with Gasteiger partial charge in [0, 0.05) is 25.9 Å². The van der Waals surface area contributed by atoms with Gasteiger partial charge in [0.25, 0.3) is 0 Å². The molecule has 5 nitrogen and oxygen atoms in total. The number of hydrogen-bond acceptors (Lipinski definition) is 4. The van der Waals surface area contributed by atoms with Crippen LogP contribution in [0.25, 0.3) is 0 Å². The highest BCUT2D eigenvalue weighted by molar-refractivity contribution is 4.99. The third kappa shape index (κ3) is 4.85. The Morgan fingerprint density at radius 1 is 1.53 bits per heavy atom. The zero-order valence-corrected chi connectivity index (χ0v) is 10.9. The zero-order valence-electron chi connectivity index (χ0n) is 10.9. The predicted molar refractivity (Wildman–Crippen MR) is 66.8 cm³/mol. The lowest BCUT2D eigenvalue weighted by Gasteiger charge is -2.13. The maximum atomic E-state index is 9.47. The highest BCUT2D eigenvalue weighted by atomic mass is 16.5. The number of hydrogen-bond donors (Lipinski definition) is 2. The topological polar surface area (TPSA) is 59.3 Å². The summed E-state index contributed by atoms with van der Waals surface area (Å²) in [4.78, 5) is 4.14. The number of nitrogens with zero attached hydrogens (tertiary/aromatic N) is 2. The largest absolute Gasteiger partial charge is 0.391 e. The number of ether oxygens (including phenoxy) is 1. The highest BCUT2D eigenvalue weighted by Gasteiger charge is 2.06. The summed E-state index contributed by atoms with van der Waals surface area (Å²) in [5.74, 6) is 0. The summed E-state index contributed by atoms with van der Waals surface area (Å²) in [5, 5.41) is 12.8. The van der Waals surface area contributed by atoms with E-state index in [9.17, 15) is 5.11 Å². The molecule has 0 aliphatic carbocycles. The van der Waals surface area contributed by atoms with Gasteiger partial charge >= 0.3 is 0 Å². The van der Waals surface area contributed by atoms with Crippen LogP contribution in [0.3, 0.4) is 0 Å². The van der Waals surface area contributed by atoms with E-state index in [1.165, 1.54) is 5.69 Å². The number of nitrogens with one attached hydrogen (secondary N) is 1. The molecule has 98 valence electrons. The predicted octanol–water partition coefficient (Wildman–Crippen LogP) is 0.951. The van der Waals surface area contributed by atoms with Gasteiger partial charge in [0.05, 0.1) is 24.7 Å². The maximum Gasteiger partial charge on any atom is 0.0951 e. The van der Waals surface area contributed by atoms with Gasteiger partial charge in [-0.3, -0.25) is 0 Å². The van der Waals surface area contributed by atoms with Gasteiger partial charge in [-0.15, -0.1) is 0 Å². The number of rotatable bonds is 8. The molecule has 0 radical (unpaired) electrons. The van der Waals surface area contributed by atoms with Crippen LogP contribution in [0, 0.1) is 0 Å². The van der Waals surface area contributed by atoms with Crippen molar-refractivity contribution >= 4 is 0 Å². The molecule has 1 atom stereocenters. The molecule has 2 N–H and O–H groups in total. The second-order valence-electron chi connectivity index (χ2n) is 4.46. The lowest BCUT2D eigenvalue weighted by Crippen LogP contribution is -2.24. The summed E-state index contributed by atoms with van der Waals surface area (Å²) in [6, 6.07) is 0.424. The van der Waals surface area contributed by atoms with Crippen LogP contribution >= 0.6 is 0 Å². The first-order valence-electron chi connectivity index (χ1n) is 6.03. The van der Waals surface area contributed by atoms with Crippen molar-refractivity contribution in [1.82, 2.24) is 14.9 Å². The van der Waals surface area contributed by atoms with Crippen LogP contribution in [0.4, 0.5) is 0 Å². The van der Waals surface area contributed by atoms with Gasteiger partial charge < -0.3 is 19.7 Å². The minimum atomic E-state index is -0.387. The fourth-order valence-electron chi connectivity index (χ4n) is 1.69. The van der Waals surface area contributed by atoms with Gasteiger partial charge in [-0.25, -0.2) is 4.98 Å². The van der Waals surface area contributed by atoms with Crippen molar-refractivity contribution in [3.63, 3.8) is 0 Å². The van der Waals surface area contributed by atoms with Gasteiger partial charge in [-0.2, -0.15) is 0 Å². The Morgan fingerprint density at radius 3 is 2.94 bits per heavy atom. The first kappa shape index (κ1) is 14.2. The fraction of sp³-hybridized carbons (Fsp3) is 0.750. The molecule has 0 saturated heterocycles. The van der Waals surface area contributed by atoms with E-state index in [2.05, 4.69) is 28.7 Å². The second-order valence-corrected chi connectivity index (χ2v) is 4.46. The van der Waals surface area contributed by atoms with Crippen molar-refractivity contribution in [3.05, 3.63) is 18.2 Å². The average molecular weight is 241 g/mol. The monoisotopic (exact) mass is 241 g/mol. The molecule has 0 spiro atoms. The van der Waals surface area contributed by atoms with E-state index in [1.807, 2.05) is 12.5 Å². The van der Waals surface area contributed by atoms with Crippen molar-refractivity contribution < 1.29 is 9.84 Å². The van der Waals surface area contributed by atoms with Crippen LogP contribution in [0.5, 0.6) is 0 Å². The zero-order chi connectivity index (χ0) is 12.7. The summed E-state index contributed by atoms with van der Waals surface area (Å²) >= 11 is 0. The van der Waals surface area contributed by atoms with Gasteiger partial charge in [0.15, 0.2) is 0 Å². The van der Waals surface area contributed by atoms with Crippen molar-refractivity contribution in [3.8, 4) is 0 Å². The van der Waals surface area contributed by atoms with E-state index >= 15 is 0 Å². The lowest BCUT2D eigenvalue weighted by molar-refractivity contribution is 0.0594. The van der Waals surface area contributed by atoms with E-state index in [0.717, 1.165) is 13.1 Å². The number of aliphatic hydroxyl groups excluding tert-OH is 1. The first-order valence-corrected chi connectivity index (χ1v) is 6.03. The average Bonchev–Trinajstić information content (AvgIpc) is 2.73. The maximum absolute atomic E-state index is 9.47. The number of methoxy groups -OCH3 is 1. The van der Waals surface area contributed by atoms with Crippen LogP contribution in [0.2, 0.25) is 0 Å². The van der Waals surface area contributed by atoms with Crippen LogP contribution in [0.1, 0.15) is 32.0 Å². The van der Waals surface area contributed by atoms with Crippen LogP contribution in [0.15, 0.2) is 12.5 Å². The van der Waals surface area contributed by atoms with Crippen molar-refractivity contribution in [1.29, 1.82) is 0 Å². The summed E-state index contributed by atoms with van der Waals surface area (Å²) < 4.78 is 7.00. The Labute approximate surface area is 103 Å². The smallest absolute Gasteiger partial charge is 0.0951 e. The highest BCUT2D eigenvalue weighted by Crippen LogP contribution is 2.08. The molecule has 0 aliphatic rings.